The normalized spacial score (nSPS) is 15.1. The minimum atomic E-state index is -4.75. The fraction of sp³-hybridized carbons (Fsp3) is 0.303. The molecule has 4 aromatic rings. The third-order valence-electron chi connectivity index (χ3n) is 7.47. The van der Waals surface area contributed by atoms with Crippen LogP contribution in [0.3, 0.4) is 0 Å². The fourth-order valence-electron chi connectivity index (χ4n) is 5.08. The molecular weight excluding hydrogens is 634 g/mol. The number of anilines is 1. The molecule has 2 heterocycles. The zero-order chi connectivity index (χ0) is 33.0. The number of rotatable bonds is 9. The van der Waals surface area contributed by atoms with Crippen LogP contribution in [0.1, 0.15) is 55.7 Å². The van der Waals surface area contributed by atoms with Crippen molar-refractivity contribution in [1.29, 1.82) is 0 Å². The number of thiocarbonyl (C=S) groups is 1. The number of halogens is 3. The second kappa shape index (κ2) is 14.0. The SMILES string of the molecule is CCC(CNC(=S)N=C1SCC(=O)N1c1cc(C)ccc1C(C)C)c1ccc(-c2ncn(-c3ccc(OC(F)(F)F)cc3)n2)cc1. The lowest BCUT2D eigenvalue weighted by Gasteiger charge is -2.22. The summed E-state index contributed by atoms with van der Waals surface area (Å²) in [5, 5.41) is 8.65. The van der Waals surface area contributed by atoms with E-state index in [1.807, 2.05) is 37.3 Å². The van der Waals surface area contributed by atoms with E-state index in [9.17, 15) is 18.0 Å². The van der Waals surface area contributed by atoms with Crippen LogP contribution in [0, 0.1) is 6.92 Å². The summed E-state index contributed by atoms with van der Waals surface area (Å²) in [5.41, 5.74) is 5.44. The van der Waals surface area contributed by atoms with E-state index in [1.165, 1.54) is 47.0 Å². The average Bonchev–Trinajstić information content (AvgIpc) is 3.64. The maximum absolute atomic E-state index is 12.9. The van der Waals surface area contributed by atoms with Crippen molar-refractivity contribution in [2.45, 2.75) is 52.3 Å². The third-order valence-corrected chi connectivity index (χ3v) is 8.63. The molecule has 0 spiro atoms. The fourth-order valence-corrected chi connectivity index (χ4v) is 6.17. The molecule has 5 rings (SSSR count). The highest BCUT2D eigenvalue weighted by Crippen LogP contribution is 2.34. The Kier molecular flexibility index (Phi) is 10.1. The topological polar surface area (TPSA) is 84.6 Å². The molecule has 1 amide bonds. The summed E-state index contributed by atoms with van der Waals surface area (Å²) in [6, 6.07) is 19.4. The Hall–Kier alpha value is -4.23. The number of carbonyl (C=O) groups is 1. The first-order valence-corrected chi connectivity index (χ1v) is 16.1. The Morgan fingerprint density at radius 1 is 1.11 bits per heavy atom. The van der Waals surface area contributed by atoms with Crippen LogP contribution < -0.4 is 15.0 Å². The van der Waals surface area contributed by atoms with Gasteiger partial charge in [-0.15, -0.1) is 18.3 Å². The molecule has 1 aromatic heterocycles. The van der Waals surface area contributed by atoms with E-state index in [0.717, 1.165) is 34.4 Å². The molecule has 8 nitrogen and oxygen atoms in total. The van der Waals surface area contributed by atoms with E-state index in [2.05, 4.69) is 58.0 Å². The molecule has 1 atom stereocenters. The Balaban J connectivity index is 1.23. The summed E-state index contributed by atoms with van der Waals surface area (Å²) in [4.78, 5) is 23.6. The van der Waals surface area contributed by atoms with Crippen molar-refractivity contribution >= 4 is 45.9 Å². The number of nitrogens with one attached hydrogen (secondary N) is 1. The van der Waals surface area contributed by atoms with Crippen LogP contribution in [0.2, 0.25) is 0 Å². The predicted molar refractivity (Wildman–Crippen MR) is 180 cm³/mol. The van der Waals surface area contributed by atoms with Gasteiger partial charge in [-0.2, -0.15) is 4.99 Å². The summed E-state index contributed by atoms with van der Waals surface area (Å²) in [6.45, 7) is 8.88. The smallest absolute Gasteiger partial charge is 0.406 e. The van der Waals surface area contributed by atoms with Gasteiger partial charge in [0.25, 0.3) is 0 Å². The first-order chi connectivity index (χ1) is 21.9. The lowest BCUT2D eigenvalue weighted by atomic mass is 9.95. The van der Waals surface area contributed by atoms with E-state index in [4.69, 9.17) is 12.2 Å². The van der Waals surface area contributed by atoms with Crippen molar-refractivity contribution in [2.24, 2.45) is 4.99 Å². The Bertz CT molecular complexity index is 1740. The first-order valence-electron chi connectivity index (χ1n) is 14.7. The number of aryl methyl sites for hydroxylation is 1. The molecule has 0 saturated carbocycles. The maximum atomic E-state index is 12.9. The van der Waals surface area contributed by atoms with Crippen molar-refractivity contribution in [3.8, 4) is 22.8 Å². The summed E-state index contributed by atoms with van der Waals surface area (Å²) in [6.07, 6.45) is -2.39. The number of alkyl halides is 3. The first kappa shape index (κ1) is 33.1. The average molecular weight is 667 g/mol. The lowest BCUT2D eigenvalue weighted by molar-refractivity contribution is -0.274. The van der Waals surface area contributed by atoms with Crippen LogP contribution in [0.5, 0.6) is 5.75 Å². The van der Waals surface area contributed by atoms with Crippen molar-refractivity contribution in [3.05, 3.63) is 89.7 Å². The molecule has 1 N–H and O–H groups in total. The highest BCUT2D eigenvalue weighted by Gasteiger charge is 2.32. The molecule has 13 heteroatoms. The van der Waals surface area contributed by atoms with Gasteiger partial charge in [-0.3, -0.25) is 9.69 Å². The van der Waals surface area contributed by atoms with E-state index in [-0.39, 0.29) is 23.5 Å². The Labute approximate surface area is 275 Å². The predicted octanol–water partition coefficient (Wildman–Crippen LogP) is 7.77. The van der Waals surface area contributed by atoms with E-state index < -0.39 is 6.36 Å². The number of nitrogens with zero attached hydrogens (tertiary/aromatic N) is 5. The molecule has 0 bridgehead atoms. The molecular formula is C33H33F3N6O2S2. The summed E-state index contributed by atoms with van der Waals surface area (Å²) in [7, 11) is 0. The number of hydrogen-bond acceptors (Lipinski definition) is 6. The van der Waals surface area contributed by atoms with E-state index >= 15 is 0 Å². The molecule has 240 valence electrons. The van der Waals surface area contributed by atoms with Gasteiger partial charge in [0, 0.05) is 18.0 Å². The minimum absolute atomic E-state index is 0.0154. The van der Waals surface area contributed by atoms with Crippen LogP contribution in [0.4, 0.5) is 18.9 Å². The number of aromatic nitrogens is 3. The lowest BCUT2D eigenvalue weighted by Crippen LogP contribution is -2.33. The molecule has 3 aromatic carbocycles. The number of aliphatic imine (C=N–C) groups is 1. The van der Waals surface area contributed by atoms with Gasteiger partial charge in [-0.1, -0.05) is 68.9 Å². The van der Waals surface area contributed by atoms with Crippen molar-refractivity contribution < 1.29 is 22.7 Å². The number of amides is 1. The summed E-state index contributed by atoms with van der Waals surface area (Å²) >= 11 is 6.98. The quantitative estimate of drug-likeness (QED) is 0.183. The number of ether oxygens (including phenoxy) is 1. The molecule has 46 heavy (non-hydrogen) atoms. The van der Waals surface area contributed by atoms with Gasteiger partial charge in [-0.05, 0) is 78.5 Å². The van der Waals surface area contributed by atoms with Crippen LogP contribution in [0.15, 0.2) is 78.0 Å². The van der Waals surface area contributed by atoms with Gasteiger partial charge >= 0.3 is 6.36 Å². The van der Waals surface area contributed by atoms with Gasteiger partial charge in [0.2, 0.25) is 5.91 Å². The van der Waals surface area contributed by atoms with E-state index in [0.29, 0.717) is 34.1 Å². The third kappa shape index (κ3) is 7.94. The highest BCUT2D eigenvalue weighted by atomic mass is 32.2. The van der Waals surface area contributed by atoms with Crippen LogP contribution >= 0.6 is 24.0 Å². The maximum Gasteiger partial charge on any atom is 0.573 e. The summed E-state index contributed by atoms with van der Waals surface area (Å²) in [5.74, 6) is 0.857. The van der Waals surface area contributed by atoms with Crippen molar-refractivity contribution in [1.82, 2.24) is 20.1 Å². The monoisotopic (exact) mass is 666 g/mol. The number of amidine groups is 1. The Morgan fingerprint density at radius 3 is 2.48 bits per heavy atom. The molecule has 1 aliphatic heterocycles. The standard InChI is InChI=1S/C33H33F3N6O2S2/c1-5-22(17-37-31(45)39-32-42(29(43)18-46-32)28-16-21(4)6-15-27(28)20(2)3)23-7-9-24(10-8-23)30-38-19-41(40-30)25-11-13-26(14-12-25)44-33(34,35)36/h6-16,19-20,22H,5,17-18H2,1-4H3,(H,37,45). The van der Waals surface area contributed by atoms with Gasteiger partial charge in [0.05, 0.1) is 17.1 Å². The second-order valence-corrected chi connectivity index (χ2v) is 12.4. The molecule has 1 saturated heterocycles. The van der Waals surface area contributed by atoms with Crippen LogP contribution in [-0.2, 0) is 4.79 Å². The molecule has 0 radical (unpaired) electrons. The largest absolute Gasteiger partial charge is 0.573 e. The second-order valence-electron chi connectivity index (χ2n) is 11.1. The molecule has 1 aliphatic rings. The number of benzene rings is 3. The molecule has 0 aliphatic carbocycles. The van der Waals surface area contributed by atoms with Crippen LogP contribution in [-0.4, -0.2) is 49.6 Å². The number of carbonyl (C=O) groups excluding carboxylic acids is 1. The highest BCUT2D eigenvalue weighted by molar-refractivity contribution is 8.15. The van der Waals surface area contributed by atoms with Gasteiger partial charge in [-0.25, -0.2) is 9.67 Å². The van der Waals surface area contributed by atoms with Crippen LogP contribution in [0.25, 0.3) is 17.1 Å². The van der Waals surface area contributed by atoms with Gasteiger partial charge in [0.15, 0.2) is 16.1 Å². The van der Waals surface area contributed by atoms with Gasteiger partial charge in [0.1, 0.15) is 12.1 Å². The van der Waals surface area contributed by atoms with Crippen molar-refractivity contribution in [3.63, 3.8) is 0 Å². The number of hydrogen-bond donors (Lipinski definition) is 1. The van der Waals surface area contributed by atoms with Gasteiger partial charge < -0.3 is 10.1 Å². The summed E-state index contributed by atoms with van der Waals surface area (Å²) < 4.78 is 42.8. The molecule has 1 unspecified atom stereocenters. The number of thioether (sulfide) groups is 1. The Morgan fingerprint density at radius 2 is 1.83 bits per heavy atom. The van der Waals surface area contributed by atoms with E-state index in [1.54, 1.807) is 4.90 Å². The molecule has 1 fully saturated rings. The van der Waals surface area contributed by atoms with Crippen molar-refractivity contribution in [2.75, 3.05) is 17.2 Å². The minimum Gasteiger partial charge on any atom is -0.406 e. The zero-order valence-corrected chi connectivity index (χ0v) is 27.3. The zero-order valence-electron chi connectivity index (χ0n) is 25.7.